The third-order valence-corrected chi connectivity index (χ3v) is 7.75. The highest BCUT2D eigenvalue weighted by Crippen LogP contribution is 2.27. The second kappa shape index (κ2) is 10.7. The highest BCUT2D eigenvalue weighted by atomic mass is 32.2. The van der Waals surface area contributed by atoms with Crippen molar-refractivity contribution < 1.29 is 18.0 Å². The Morgan fingerprint density at radius 2 is 1.72 bits per heavy atom. The maximum absolute atomic E-state index is 12.9. The molecule has 2 aromatic rings. The molecule has 1 aliphatic rings. The van der Waals surface area contributed by atoms with Crippen LogP contribution >= 0.6 is 0 Å². The number of sulfonamides is 1. The van der Waals surface area contributed by atoms with Gasteiger partial charge in [0.2, 0.25) is 15.9 Å². The molecule has 2 amide bonds. The van der Waals surface area contributed by atoms with E-state index >= 15 is 0 Å². The fourth-order valence-corrected chi connectivity index (χ4v) is 5.33. The minimum Gasteiger partial charge on any atom is -0.352 e. The molecule has 32 heavy (non-hydrogen) atoms. The second-order valence-electron chi connectivity index (χ2n) is 8.26. The Morgan fingerprint density at radius 3 is 2.38 bits per heavy atom. The molecule has 0 heterocycles. The second-order valence-corrected chi connectivity index (χ2v) is 10.3. The number of amides is 2. The van der Waals surface area contributed by atoms with Gasteiger partial charge in [0.15, 0.2) is 0 Å². The Hall–Kier alpha value is -2.71. The van der Waals surface area contributed by atoms with Crippen molar-refractivity contribution in [2.75, 3.05) is 18.9 Å². The fourth-order valence-electron chi connectivity index (χ4n) is 3.92. The number of carbonyl (C=O) groups excluding carboxylic acids is 2. The van der Waals surface area contributed by atoms with E-state index in [1.807, 2.05) is 19.1 Å². The topological polar surface area (TPSA) is 95.6 Å². The van der Waals surface area contributed by atoms with Crippen LogP contribution in [0.3, 0.4) is 0 Å². The molecule has 0 spiro atoms. The number of anilines is 1. The summed E-state index contributed by atoms with van der Waals surface area (Å²) in [5, 5.41) is 5.47. The van der Waals surface area contributed by atoms with Crippen molar-refractivity contribution >= 4 is 27.5 Å². The maximum Gasteiger partial charge on any atom is 0.251 e. The van der Waals surface area contributed by atoms with E-state index in [4.69, 9.17) is 0 Å². The van der Waals surface area contributed by atoms with E-state index in [1.165, 1.54) is 16.4 Å². The van der Waals surface area contributed by atoms with Gasteiger partial charge >= 0.3 is 0 Å². The van der Waals surface area contributed by atoms with E-state index < -0.39 is 10.0 Å². The molecule has 2 aromatic carbocycles. The monoisotopic (exact) mass is 457 g/mol. The molecule has 1 saturated carbocycles. The van der Waals surface area contributed by atoms with Crippen LogP contribution < -0.4 is 10.6 Å². The standard InChI is InChI=1S/C24H31N3O4S/c1-18-7-6-8-19(17-18)24(29)25-16-15-23(28)26-20-11-13-22(14-12-20)32(30,31)27(2)21-9-4-3-5-10-21/h6-8,11-14,17,21H,3-5,9-10,15-16H2,1-2H3,(H,25,29)(H,26,28). The molecule has 0 unspecified atom stereocenters. The zero-order chi connectivity index (χ0) is 23.1. The Balaban J connectivity index is 1.50. The lowest BCUT2D eigenvalue weighted by Crippen LogP contribution is -2.38. The molecular formula is C24H31N3O4S. The summed E-state index contributed by atoms with van der Waals surface area (Å²) in [5.74, 6) is -0.484. The van der Waals surface area contributed by atoms with Crippen molar-refractivity contribution in [2.24, 2.45) is 0 Å². The van der Waals surface area contributed by atoms with E-state index in [0.29, 0.717) is 11.3 Å². The molecule has 0 saturated heterocycles. The van der Waals surface area contributed by atoms with Crippen molar-refractivity contribution in [3.8, 4) is 0 Å². The lowest BCUT2D eigenvalue weighted by Gasteiger charge is -2.30. The molecule has 3 rings (SSSR count). The summed E-state index contributed by atoms with van der Waals surface area (Å²) < 4.78 is 27.3. The first-order valence-corrected chi connectivity index (χ1v) is 12.4. The zero-order valence-electron chi connectivity index (χ0n) is 18.6. The Kier molecular flexibility index (Phi) is 8.04. The molecule has 0 atom stereocenters. The molecule has 1 aliphatic carbocycles. The van der Waals surface area contributed by atoms with Gasteiger partial charge in [-0.25, -0.2) is 8.42 Å². The lowest BCUT2D eigenvalue weighted by molar-refractivity contribution is -0.116. The molecule has 0 bridgehead atoms. The summed E-state index contributed by atoms with van der Waals surface area (Å²) in [6.07, 6.45) is 5.17. The van der Waals surface area contributed by atoms with Gasteiger partial charge in [-0.2, -0.15) is 4.31 Å². The van der Waals surface area contributed by atoms with Crippen LogP contribution in [-0.4, -0.2) is 44.2 Å². The van der Waals surface area contributed by atoms with Gasteiger partial charge in [-0.05, 0) is 56.2 Å². The first-order chi connectivity index (χ1) is 15.3. The van der Waals surface area contributed by atoms with Crippen LogP contribution in [0.5, 0.6) is 0 Å². The normalized spacial score (nSPS) is 14.8. The van der Waals surface area contributed by atoms with Crippen LogP contribution in [0.2, 0.25) is 0 Å². The largest absolute Gasteiger partial charge is 0.352 e. The number of carbonyl (C=O) groups is 2. The van der Waals surface area contributed by atoms with Gasteiger partial charge in [-0.1, -0.05) is 37.0 Å². The molecule has 0 aliphatic heterocycles. The van der Waals surface area contributed by atoms with Crippen LogP contribution in [-0.2, 0) is 14.8 Å². The average Bonchev–Trinajstić information content (AvgIpc) is 2.79. The summed E-state index contributed by atoms with van der Waals surface area (Å²) in [5.41, 5.74) is 2.06. The van der Waals surface area contributed by atoms with Crippen LogP contribution in [0.15, 0.2) is 53.4 Å². The predicted molar refractivity (Wildman–Crippen MR) is 125 cm³/mol. The third-order valence-electron chi connectivity index (χ3n) is 5.82. The molecule has 8 heteroatoms. The van der Waals surface area contributed by atoms with E-state index in [1.54, 1.807) is 31.3 Å². The first-order valence-electron chi connectivity index (χ1n) is 11.0. The van der Waals surface area contributed by atoms with Gasteiger partial charge in [0.25, 0.3) is 5.91 Å². The average molecular weight is 458 g/mol. The molecule has 7 nitrogen and oxygen atoms in total. The van der Waals surface area contributed by atoms with Gasteiger partial charge in [0, 0.05) is 37.3 Å². The van der Waals surface area contributed by atoms with E-state index in [0.717, 1.165) is 37.7 Å². The molecular weight excluding hydrogens is 426 g/mol. The number of nitrogens with one attached hydrogen (secondary N) is 2. The van der Waals surface area contributed by atoms with Crippen molar-refractivity contribution in [2.45, 2.75) is 56.4 Å². The zero-order valence-corrected chi connectivity index (χ0v) is 19.5. The van der Waals surface area contributed by atoms with Gasteiger partial charge in [0.1, 0.15) is 0 Å². The summed E-state index contributed by atoms with van der Waals surface area (Å²) in [6.45, 7) is 2.12. The first kappa shape index (κ1) is 23.9. The van der Waals surface area contributed by atoms with Gasteiger partial charge in [-0.15, -0.1) is 0 Å². The van der Waals surface area contributed by atoms with Crippen LogP contribution in [0.4, 0.5) is 5.69 Å². The number of rotatable bonds is 8. The van der Waals surface area contributed by atoms with Gasteiger partial charge < -0.3 is 10.6 Å². The minimum absolute atomic E-state index is 0.0446. The van der Waals surface area contributed by atoms with Crippen molar-refractivity contribution in [3.63, 3.8) is 0 Å². The molecule has 0 aromatic heterocycles. The van der Waals surface area contributed by atoms with Gasteiger partial charge in [0.05, 0.1) is 4.90 Å². The fraction of sp³-hybridized carbons (Fsp3) is 0.417. The quantitative estimate of drug-likeness (QED) is 0.632. The van der Waals surface area contributed by atoms with E-state index in [2.05, 4.69) is 10.6 Å². The third kappa shape index (κ3) is 6.17. The lowest BCUT2D eigenvalue weighted by atomic mass is 9.96. The summed E-state index contributed by atoms with van der Waals surface area (Å²) in [7, 11) is -1.92. The molecule has 1 fully saturated rings. The Labute approximate surface area is 190 Å². The van der Waals surface area contributed by atoms with Crippen LogP contribution in [0.25, 0.3) is 0 Å². The SMILES string of the molecule is Cc1cccc(C(=O)NCCC(=O)Nc2ccc(S(=O)(=O)N(C)C3CCCCC3)cc2)c1. The maximum atomic E-state index is 12.9. The molecule has 0 radical (unpaired) electrons. The van der Waals surface area contributed by atoms with Crippen LogP contribution in [0, 0.1) is 6.92 Å². The number of aryl methyl sites for hydroxylation is 1. The van der Waals surface area contributed by atoms with Gasteiger partial charge in [-0.3, -0.25) is 9.59 Å². The summed E-state index contributed by atoms with van der Waals surface area (Å²) in [6, 6.07) is 13.5. The molecule has 172 valence electrons. The molecule has 2 N–H and O–H groups in total. The van der Waals surface area contributed by atoms with Crippen molar-refractivity contribution in [1.29, 1.82) is 0 Å². The Morgan fingerprint density at radius 1 is 1.03 bits per heavy atom. The van der Waals surface area contributed by atoms with E-state index in [-0.39, 0.29) is 35.7 Å². The highest BCUT2D eigenvalue weighted by Gasteiger charge is 2.28. The Bertz CT molecular complexity index is 1050. The van der Waals surface area contributed by atoms with Crippen LogP contribution in [0.1, 0.15) is 54.4 Å². The van der Waals surface area contributed by atoms with Crippen molar-refractivity contribution in [3.05, 3.63) is 59.7 Å². The summed E-state index contributed by atoms with van der Waals surface area (Å²) in [4.78, 5) is 24.5. The highest BCUT2D eigenvalue weighted by molar-refractivity contribution is 7.89. The number of hydrogen-bond donors (Lipinski definition) is 2. The number of hydrogen-bond acceptors (Lipinski definition) is 4. The number of nitrogens with zero attached hydrogens (tertiary/aromatic N) is 1. The van der Waals surface area contributed by atoms with Crippen molar-refractivity contribution in [1.82, 2.24) is 9.62 Å². The van der Waals surface area contributed by atoms with E-state index in [9.17, 15) is 18.0 Å². The smallest absolute Gasteiger partial charge is 0.251 e. The predicted octanol–water partition coefficient (Wildman–Crippen LogP) is 3.71. The summed E-state index contributed by atoms with van der Waals surface area (Å²) >= 11 is 0. The minimum atomic E-state index is -3.56. The number of benzene rings is 2.